The SMILES string of the molecule is Cc1cnc([C@H](C)NC(=O)Nc2cccc3c2OCC(=O)N3)s1. The van der Waals surface area contributed by atoms with E-state index in [1.165, 1.54) is 0 Å². The Bertz CT molecular complexity index is 759. The highest BCUT2D eigenvalue weighted by atomic mass is 32.1. The molecule has 1 aromatic heterocycles. The van der Waals surface area contributed by atoms with Gasteiger partial charge in [0.25, 0.3) is 5.91 Å². The number of urea groups is 1. The molecule has 0 aliphatic carbocycles. The van der Waals surface area contributed by atoms with E-state index in [2.05, 4.69) is 20.9 Å². The second-order valence-corrected chi connectivity index (χ2v) is 6.41. The third kappa shape index (κ3) is 3.42. The lowest BCUT2D eigenvalue weighted by atomic mass is 10.2. The Morgan fingerprint density at radius 1 is 1.48 bits per heavy atom. The molecule has 1 aliphatic rings. The van der Waals surface area contributed by atoms with Gasteiger partial charge in [-0.05, 0) is 26.0 Å². The number of aryl methyl sites for hydroxylation is 1. The molecule has 0 saturated heterocycles. The molecule has 1 aliphatic heterocycles. The maximum Gasteiger partial charge on any atom is 0.319 e. The normalized spacial score (nSPS) is 14.3. The summed E-state index contributed by atoms with van der Waals surface area (Å²) in [4.78, 5) is 28.8. The van der Waals surface area contributed by atoms with Crippen molar-refractivity contribution in [1.29, 1.82) is 0 Å². The van der Waals surface area contributed by atoms with Crippen molar-refractivity contribution in [3.05, 3.63) is 34.3 Å². The van der Waals surface area contributed by atoms with Crippen LogP contribution in [0.15, 0.2) is 24.4 Å². The van der Waals surface area contributed by atoms with E-state index in [1.807, 2.05) is 13.8 Å². The number of carbonyl (C=O) groups is 2. The number of nitrogens with one attached hydrogen (secondary N) is 3. The van der Waals surface area contributed by atoms with Crippen LogP contribution >= 0.6 is 11.3 Å². The fraction of sp³-hybridized carbons (Fsp3) is 0.267. The molecule has 7 nitrogen and oxygen atoms in total. The number of amides is 3. The summed E-state index contributed by atoms with van der Waals surface area (Å²) in [5, 5.41) is 9.11. The lowest BCUT2D eigenvalue weighted by molar-refractivity contribution is -0.118. The average molecular weight is 332 g/mol. The molecule has 8 heteroatoms. The minimum atomic E-state index is -0.362. The summed E-state index contributed by atoms with van der Waals surface area (Å²) in [6.45, 7) is 3.77. The standard InChI is InChI=1S/C15H16N4O3S/c1-8-6-16-14(23-8)9(2)17-15(21)19-11-5-3-4-10-13(11)22-7-12(20)18-10/h3-6,9H,7H2,1-2H3,(H,18,20)(H2,17,19,21)/t9-/m0/s1. The smallest absolute Gasteiger partial charge is 0.319 e. The van der Waals surface area contributed by atoms with Gasteiger partial charge in [0, 0.05) is 11.1 Å². The van der Waals surface area contributed by atoms with E-state index in [4.69, 9.17) is 4.74 Å². The zero-order chi connectivity index (χ0) is 16.4. The first kappa shape index (κ1) is 15.3. The van der Waals surface area contributed by atoms with E-state index in [0.717, 1.165) is 9.88 Å². The van der Waals surface area contributed by atoms with Gasteiger partial charge in [-0.25, -0.2) is 9.78 Å². The predicted octanol–water partition coefficient (Wildman–Crippen LogP) is 2.67. The summed E-state index contributed by atoms with van der Waals surface area (Å²) in [7, 11) is 0. The van der Waals surface area contributed by atoms with E-state index in [9.17, 15) is 9.59 Å². The summed E-state index contributed by atoms with van der Waals surface area (Å²) in [6.07, 6.45) is 1.78. The van der Waals surface area contributed by atoms with Gasteiger partial charge in [-0.1, -0.05) is 6.07 Å². The van der Waals surface area contributed by atoms with Gasteiger partial charge in [0.1, 0.15) is 5.01 Å². The number of nitrogens with zero attached hydrogens (tertiary/aromatic N) is 1. The van der Waals surface area contributed by atoms with Crippen molar-refractivity contribution in [3.8, 4) is 5.75 Å². The van der Waals surface area contributed by atoms with Crippen LogP contribution < -0.4 is 20.7 Å². The van der Waals surface area contributed by atoms with Crippen molar-refractivity contribution in [3.63, 3.8) is 0 Å². The summed E-state index contributed by atoms with van der Waals surface area (Å²) in [5.74, 6) is 0.242. The summed E-state index contributed by atoms with van der Waals surface area (Å²) < 4.78 is 5.40. The Hall–Kier alpha value is -2.61. The molecule has 0 bridgehead atoms. The van der Waals surface area contributed by atoms with E-state index < -0.39 is 0 Å². The number of hydrogen-bond acceptors (Lipinski definition) is 5. The van der Waals surface area contributed by atoms with Crippen molar-refractivity contribution >= 4 is 34.6 Å². The van der Waals surface area contributed by atoms with Crippen LogP contribution in [0.1, 0.15) is 22.9 Å². The second-order valence-electron chi connectivity index (χ2n) is 5.15. The minimum absolute atomic E-state index is 0.0674. The largest absolute Gasteiger partial charge is 0.479 e. The van der Waals surface area contributed by atoms with Crippen molar-refractivity contribution < 1.29 is 14.3 Å². The topological polar surface area (TPSA) is 92.3 Å². The summed E-state index contributed by atoms with van der Waals surface area (Å²) in [6, 6.07) is 4.61. The highest BCUT2D eigenvalue weighted by Gasteiger charge is 2.20. The number of thiazole rings is 1. The van der Waals surface area contributed by atoms with Crippen molar-refractivity contribution in [2.75, 3.05) is 17.2 Å². The molecule has 2 aromatic rings. The number of benzene rings is 1. The molecular formula is C15H16N4O3S. The molecule has 0 spiro atoms. The van der Waals surface area contributed by atoms with Gasteiger partial charge in [0.2, 0.25) is 0 Å². The van der Waals surface area contributed by atoms with E-state index in [0.29, 0.717) is 17.1 Å². The predicted molar refractivity (Wildman–Crippen MR) is 88.0 cm³/mol. The average Bonchev–Trinajstić information content (AvgIpc) is 2.94. The quantitative estimate of drug-likeness (QED) is 0.806. The lowest BCUT2D eigenvalue weighted by Gasteiger charge is -2.21. The van der Waals surface area contributed by atoms with Crippen LogP contribution in [0.25, 0.3) is 0 Å². The molecule has 0 saturated carbocycles. The van der Waals surface area contributed by atoms with Gasteiger partial charge in [-0.2, -0.15) is 0 Å². The highest BCUT2D eigenvalue weighted by molar-refractivity contribution is 7.11. The molecule has 3 rings (SSSR count). The molecule has 0 fully saturated rings. The molecule has 23 heavy (non-hydrogen) atoms. The van der Waals surface area contributed by atoms with E-state index in [-0.39, 0.29) is 24.6 Å². The Balaban J connectivity index is 1.69. The first-order valence-corrected chi connectivity index (χ1v) is 7.90. The van der Waals surface area contributed by atoms with Crippen LogP contribution in [0.5, 0.6) is 5.75 Å². The fourth-order valence-electron chi connectivity index (χ4n) is 2.20. The zero-order valence-electron chi connectivity index (χ0n) is 12.7. The summed E-state index contributed by atoms with van der Waals surface area (Å²) >= 11 is 1.54. The highest BCUT2D eigenvalue weighted by Crippen LogP contribution is 2.35. The summed E-state index contributed by atoms with van der Waals surface area (Å²) in [5.41, 5.74) is 1.05. The number of aromatic nitrogens is 1. The molecule has 3 amide bonds. The van der Waals surface area contributed by atoms with Crippen molar-refractivity contribution in [1.82, 2.24) is 10.3 Å². The molecule has 3 N–H and O–H groups in total. The molecule has 0 unspecified atom stereocenters. The van der Waals surface area contributed by atoms with E-state index in [1.54, 1.807) is 35.7 Å². The molecule has 0 radical (unpaired) electrons. The van der Waals surface area contributed by atoms with Crippen LogP contribution in [0.3, 0.4) is 0 Å². The van der Waals surface area contributed by atoms with Crippen LogP contribution in [0, 0.1) is 6.92 Å². The third-order valence-corrected chi connectivity index (χ3v) is 4.34. The van der Waals surface area contributed by atoms with Gasteiger partial charge in [-0.3, -0.25) is 4.79 Å². The van der Waals surface area contributed by atoms with Crippen molar-refractivity contribution in [2.24, 2.45) is 0 Å². The minimum Gasteiger partial charge on any atom is -0.479 e. The van der Waals surface area contributed by atoms with Crippen LogP contribution in [0.4, 0.5) is 16.2 Å². The molecule has 2 heterocycles. The van der Waals surface area contributed by atoms with Crippen LogP contribution in [-0.4, -0.2) is 23.5 Å². The van der Waals surface area contributed by atoms with Gasteiger partial charge in [-0.15, -0.1) is 11.3 Å². The van der Waals surface area contributed by atoms with Crippen LogP contribution in [0.2, 0.25) is 0 Å². The maximum absolute atomic E-state index is 12.2. The monoisotopic (exact) mass is 332 g/mol. The first-order valence-electron chi connectivity index (χ1n) is 7.08. The van der Waals surface area contributed by atoms with E-state index >= 15 is 0 Å². The maximum atomic E-state index is 12.2. The number of hydrogen-bond donors (Lipinski definition) is 3. The molecular weight excluding hydrogens is 316 g/mol. The Labute approximate surface area is 137 Å². The van der Waals surface area contributed by atoms with Gasteiger partial charge in [0.15, 0.2) is 12.4 Å². The number of rotatable bonds is 3. The second kappa shape index (κ2) is 6.25. The number of fused-ring (bicyclic) bond motifs is 1. The third-order valence-electron chi connectivity index (χ3n) is 3.24. The van der Waals surface area contributed by atoms with Crippen molar-refractivity contribution in [2.45, 2.75) is 19.9 Å². The number of ether oxygens (including phenoxy) is 1. The van der Waals surface area contributed by atoms with Gasteiger partial charge in [0.05, 0.1) is 17.4 Å². The first-order chi connectivity index (χ1) is 11.0. The number of para-hydroxylation sites is 1. The number of anilines is 2. The molecule has 1 atom stereocenters. The Kier molecular flexibility index (Phi) is 4.16. The zero-order valence-corrected chi connectivity index (χ0v) is 13.5. The van der Waals surface area contributed by atoms with Gasteiger partial charge < -0.3 is 20.7 Å². The Morgan fingerprint density at radius 3 is 3.04 bits per heavy atom. The lowest BCUT2D eigenvalue weighted by Crippen LogP contribution is -2.32. The van der Waals surface area contributed by atoms with Gasteiger partial charge >= 0.3 is 6.03 Å². The molecule has 1 aromatic carbocycles. The van der Waals surface area contributed by atoms with Crippen LogP contribution in [-0.2, 0) is 4.79 Å². The number of carbonyl (C=O) groups excluding carboxylic acids is 2. The molecule has 120 valence electrons. The Morgan fingerprint density at radius 2 is 2.30 bits per heavy atom. The fourth-order valence-corrected chi connectivity index (χ4v) is 2.98.